The van der Waals surface area contributed by atoms with Crippen molar-refractivity contribution in [1.82, 2.24) is 5.32 Å². The van der Waals surface area contributed by atoms with Crippen LogP contribution in [0.25, 0.3) is 0 Å². The van der Waals surface area contributed by atoms with Crippen molar-refractivity contribution in [2.45, 2.75) is 39.2 Å². The molecule has 1 aromatic rings. The van der Waals surface area contributed by atoms with E-state index in [2.05, 4.69) is 32.6 Å². The van der Waals surface area contributed by atoms with Gasteiger partial charge >= 0.3 is 0 Å². The van der Waals surface area contributed by atoms with Gasteiger partial charge in [0.1, 0.15) is 0 Å². The first kappa shape index (κ1) is 13.6. The average Bonchev–Trinajstić information content (AvgIpc) is 2.34. The number of nitrogens with one attached hydrogen (secondary N) is 2. The first-order valence-electron chi connectivity index (χ1n) is 6.39. The Morgan fingerprint density at radius 1 is 1.39 bits per heavy atom. The number of piperidine rings is 1. The Hall–Kier alpha value is -0.870. The van der Waals surface area contributed by atoms with Gasteiger partial charge in [0.05, 0.1) is 11.7 Å². The van der Waals surface area contributed by atoms with Crippen molar-refractivity contribution >= 4 is 27.5 Å². The SMILES string of the molecule is Cc1cc(C)c(NC(=O)C2CCCCN2)c(Br)c1. The van der Waals surface area contributed by atoms with Crippen LogP contribution in [-0.4, -0.2) is 18.5 Å². The number of carbonyl (C=O) groups excluding carboxylic acids is 1. The molecular formula is C14H19BrN2O. The lowest BCUT2D eigenvalue weighted by molar-refractivity contribution is -0.118. The number of hydrogen-bond acceptors (Lipinski definition) is 2. The second-order valence-corrected chi connectivity index (χ2v) is 5.78. The van der Waals surface area contributed by atoms with E-state index in [-0.39, 0.29) is 11.9 Å². The maximum atomic E-state index is 12.2. The van der Waals surface area contributed by atoms with Crippen LogP contribution in [0.3, 0.4) is 0 Å². The molecule has 18 heavy (non-hydrogen) atoms. The summed E-state index contributed by atoms with van der Waals surface area (Å²) in [5, 5.41) is 6.29. The molecule has 1 fully saturated rings. The molecule has 98 valence electrons. The number of anilines is 1. The molecular weight excluding hydrogens is 292 g/mol. The van der Waals surface area contributed by atoms with Crippen molar-refractivity contribution < 1.29 is 4.79 Å². The third kappa shape index (κ3) is 3.12. The molecule has 1 atom stereocenters. The standard InChI is InChI=1S/C14H19BrN2O/c1-9-7-10(2)13(11(15)8-9)17-14(18)12-5-3-4-6-16-12/h7-8,12,16H,3-6H2,1-2H3,(H,17,18). The molecule has 0 radical (unpaired) electrons. The Bertz CT molecular complexity index is 430. The van der Waals surface area contributed by atoms with E-state index in [0.29, 0.717) is 0 Å². The number of aryl methyl sites for hydroxylation is 2. The maximum absolute atomic E-state index is 12.2. The minimum Gasteiger partial charge on any atom is -0.323 e. The smallest absolute Gasteiger partial charge is 0.241 e. The monoisotopic (exact) mass is 310 g/mol. The van der Waals surface area contributed by atoms with Crippen LogP contribution in [-0.2, 0) is 4.79 Å². The molecule has 3 nitrogen and oxygen atoms in total. The molecule has 0 bridgehead atoms. The van der Waals surface area contributed by atoms with Crippen LogP contribution in [0.5, 0.6) is 0 Å². The summed E-state index contributed by atoms with van der Waals surface area (Å²) < 4.78 is 0.948. The summed E-state index contributed by atoms with van der Waals surface area (Å²) >= 11 is 3.52. The van der Waals surface area contributed by atoms with Crippen LogP contribution in [0, 0.1) is 13.8 Å². The van der Waals surface area contributed by atoms with Gasteiger partial charge in [0.15, 0.2) is 0 Å². The third-order valence-electron chi connectivity index (χ3n) is 3.31. The largest absolute Gasteiger partial charge is 0.323 e. The van der Waals surface area contributed by atoms with E-state index in [1.807, 2.05) is 19.9 Å². The number of benzene rings is 1. The number of rotatable bonds is 2. The molecule has 0 saturated carbocycles. The molecule has 0 aromatic heterocycles. The molecule has 4 heteroatoms. The van der Waals surface area contributed by atoms with Gasteiger partial charge in [0.2, 0.25) is 5.91 Å². The zero-order chi connectivity index (χ0) is 13.1. The van der Waals surface area contributed by atoms with Gasteiger partial charge in [-0.15, -0.1) is 0 Å². The number of amides is 1. The molecule has 2 rings (SSSR count). The molecule has 1 aliphatic heterocycles. The summed E-state index contributed by atoms with van der Waals surface area (Å²) in [6.45, 7) is 5.00. The fraction of sp³-hybridized carbons (Fsp3) is 0.500. The normalized spacial score (nSPS) is 19.6. The second kappa shape index (κ2) is 5.85. The lowest BCUT2D eigenvalue weighted by Gasteiger charge is -2.23. The van der Waals surface area contributed by atoms with E-state index in [4.69, 9.17) is 0 Å². The van der Waals surface area contributed by atoms with E-state index in [0.717, 1.165) is 41.5 Å². The van der Waals surface area contributed by atoms with Gasteiger partial charge in [-0.1, -0.05) is 12.5 Å². The first-order chi connectivity index (χ1) is 8.58. The molecule has 1 aliphatic rings. The Kier molecular flexibility index (Phi) is 4.40. The summed E-state index contributed by atoms with van der Waals surface area (Å²) in [4.78, 5) is 12.2. The summed E-state index contributed by atoms with van der Waals surface area (Å²) in [5.41, 5.74) is 3.16. The molecule has 1 unspecified atom stereocenters. The molecule has 0 spiro atoms. The highest BCUT2D eigenvalue weighted by Crippen LogP contribution is 2.28. The fourth-order valence-corrected chi connectivity index (χ4v) is 3.13. The maximum Gasteiger partial charge on any atom is 0.241 e. The van der Waals surface area contributed by atoms with Crippen molar-refractivity contribution in [2.75, 3.05) is 11.9 Å². The van der Waals surface area contributed by atoms with E-state index < -0.39 is 0 Å². The molecule has 2 N–H and O–H groups in total. The summed E-state index contributed by atoms with van der Waals surface area (Å²) in [6, 6.07) is 4.05. The highest BCUT2D eigenvalue weighted by Gasteiger charge is 2.21. The van der Waals surface area contributed by atoms with E-state index in [1.165, 1.54) is 5.56 Å². The van der Waals surface area contributed by atoms with Gasteiger partial charge < -0.3 is 10.6 Å². The molecule has 1 heterocycles. The van der Waals surface area contributed by atoms with Crippen LogP contribution in [0.2, 0.25) is 0 Å². The molecule has 0 aliphatic carbocycles. The van der Waals surface area contributed by atoms with Gasteiger partial charge in [-0.3, -0.25) is 4.79 Å². The highest BCUT2D eigenvalue weighted by molar-refractivity contribution is 9.10. The summed E-state index contributed by atoms with van der Waals surface area (Å²) in [5.74, 6) is 0.0716. The minimum absolute atomic E-state index is 0.0497. The second-order valence-electron chi connectivity index (χ2n) is 4.93. The van der Waals surface area contributed by atoms with Crippen molar-refractivity contribution in [3.8, 4) is 0 Å². The van der Waals surface area contributed by atoms with Crippen molar-refractivity contribution in [2.24, 2.45) is 0 Å². The predicted molar refractivity (Wildman–Crippen MR) is 77.9 cm³/mol. The van der Waals surface area contributed by atoms with E-state index in [9.17, 15) is 4.79 Å². The first-order valence-corrected chi connectivity index (χ1v) is 7.18. The van der Waals surface area contributed by atoms with Crippen LogP contribution in [0.1, 0.15) is 30.4 Å². The van der Waals surface area contributed by atoms with E-state index >= 15 is 0 Å². The van der Waals surface area contributed by atoms with Crippen molar-refractivity contribution in [3.63, 3.8) is 0 Å². The Labute approximate surface area is 116 Å². The van der Waals surface area contributed by atoms with Crippen molar-refractivity contribution in [3.05, 3.63) is 27.7 Å². The van der Waals surface area contributed by atoms with Gasteiger partial charge in [0, 0.05) is 4.47 Å². The molecule has 1 amide bonds. The van der Waals surface area contributed by atoms with Gasteiger partial charge in [-0.25, -0.2) is 0 Å². The third-order valence-corrected chi connectivity index (χ3v) is 3.93. The van der Waals surface area contributed by atoms with Gasteiger partial charge in [-0.05, 0) is 66.4 Å². The van der Waals surface area contributed by atoms with Crippen LogP contribution < -0.4 is 10.6 Å². The van der Waals surface area contributed by atoms with Gasteiger partial charge in [-0.2, -0.15) is 0 Å². The summed E-state index contributed by atoms with van der Waals surface area (Å²) in [6.07, 6.45) is 3.21. The lowest BCUT2D eigenvalue weighted by atomic mass is 10.0. The van der Waals surface area contributed by atoms with Crippen molar-refractivity contribution in [1.29, 1.82) is 0 Å². The number of carbonyl (C=O) groups is 1. The average molecular weight is 311 g/mol. The van der Waals surface area contributed by atoms with E-state index in [1.54, 1.807) is 0 Å². The number of halogens is 1. The van der Waals surface area contributed by atoms with Crippen LogP contribution in [0.15, 0.2) is 16.6 Å². The Balaban J connectivity index is 2.11. The Morgan fingerprint density at radius 2 is 2.17 bits per heavy atom. The summed E-state index contributed by atoms with van der Waals surface area (Å²) in [7, 11) is 0. The zero-order valence-electron chi connectivity index (χ0n) is 10.8. The molecule has 1 saturated heterocycles. The highest BCUT2D eigenvalue weighted by atomic mass is 79.9. The lowest BCUT2D eigenvalue weighted by Crippen LogP contribution is -2.43. The number of hydrogen-bond donors (Lipinski definition) is 2. The predicted octanol–water partition coefficient (Wildman–Crippen LogP) is 3.15. The minimum atomic E-state index is -0.0497. The molecule has 1 aromatic carbocycles. The Morgan fingerprint density at radius 3 is 2.78 bits per heavy atom. The van der Waals surface area contributed by atoms with Crippen LogP contribution >= 0.6 is 15.9 Å². The topological polar surface area (TPSA) is 41.1 Å². The van der Waals surface area contributed by atoms with Crippen LogP contribution in [0.4, 0.5) is 5.69 Å². The fourth-order valence-electron chi connectivity index (χ4n) is 2.36. The zero-order valence-corrected chi connectivity index (χ0v) is 12.4. The quantitative estimate of drug-likeness (QED) is 0.881. The van der Waals surface area contributed by atoms with Gasteiger partial charge in [0.25, 0.3) is 0 Å².